The van der Waals surface area contributed by atoms with E-state index in [1.807, 2.05) is 6.26 Å². The smallest absolute Gasteiger partial charge is 0.320 e. The van der Waals surface area contributed by atoms with Crippen LogP contribution in [-0.4, -0.2) is 29.1 Å². The van der Waals surface area contributed by atoms with Gasteiger partial charge < -0.3 is 10.8 Å². The van der Waals surface area contributed by atoms with Crippen LogP contribution in [0.1, 0.15) is 6.42 Å². The van der Waals surface area contributed by atoms with Crippen molar-refractivity contribution in [3.63, 3.8) is 0 Å². The number of carboxylic acid groups (broad SMARTS) is 1. The van der Waals surface area contributed by atoms with Crippen LogP contribution in [-0.2, 0) is 4.79 Å². The summed E-state index contributed by atoms with van der Waals surface area (Å²) in [7, 11) is 0. The monoisotopic (exact) mass is 217 g/mol. The molecule has 0 rings (SSSR count). The molecule has 0 aliphatic carbocycles. The van der Waals surface area contributed by atoms with Crippen molar-refractivity contribution in [2.24, 2.45) is 5.73 Å². The van der Waals surface area contributed by atoms with Gasteiger partial charge >= 0.3 is 5.97 Å². The molecule has 1 atom stereocenters. The Morgan fingerprint density at radius 2 is 2.09 bits per heavy atom. The van der Waals surface area contributed by atoms with E-state index in [1.165, 1.54) is 0 Å². The lowest BCUT2D eigenvalue weighted by atomic mass is 10.2. The SMILES string of the molecule is CSCCC(N)C(=O)O.S.S. The molecule has 0 saturated heterocycles. The van der Waals surface area contributed by atoms with Crippen LogP contribution in [0.4, 0.5) is 0 Å². The van der Waals surface area contributed by atoms with Crippen molar-refractivity contribution in [1.29, 1.82) is 0 Å². The van der Waals surface area contributed by atoms with Gasteiger partial charge in [0.2, 0.25) is 0 Å². The Balaban J connectivity index is -0.000000320. The molecule has 0 saturated carbocycles. The fourth-order valence-electron chi connectivity index (χ4n) is 0.368. The first-order valence-corrected chi connectivity index (χ1v) is 4.05. The second-order valence-electron chi connectivity index (χ2n) is 1.73. The highest BCUT2D eigenvalue weighted by Crippen LogP contribution is 1.97. The average molecular weight is 217 g/mol. The zero-order valence-corrected chi connectivity index (χ0v) is 9.15. The number of thioether (sulfide) groups is 1. The second kappa shape index (κ2) is 10.5. The van der Waals surface area contributed by atoms with E-state index in [0.717, 1.165) is 5.75 Å². The van der Waals surface area contributed by atoms with Crippen molar-refractivity contribution in [2.45, 2.75) is 12.5 Å². The highest BCUT2D eigenvalue weighted by atomic mass is 32.2. The maximum atomic E-state index is 10.1. The standard InChI is InChI=1S/C5H11NO2S.2H2S/c1-9-3-2-4(6)5(7)8;;/h4H,2-3,6H2,1H3,(H,7,8);2*1H2. The quantitative estimate of drug-likeness (QED) is 0.714. The van der Waals surface area contributed by atoms with Gasteiger partial charge in [0, 0.05) is 0 Å². The van der Waals surface area contributed by atoms with E-state index < -0.39 is 12.0 Å². The first-order chi connectivity index (χ1) is 4.18. The summed E-state index contributed by atoms with van der Waals surface area (Å²) in [5.41, 5.74) is 5.19. The highest BCUT2D eigenvalue weighted by molar-refractivity contribution is 7.98. The number of nitrogens with two attached hydrogens (primary N) is 1. The lowest BCUT2D eigenvalue weighted by molar-refractivity contribution is -0.138. The van der Waals surface area contributed by atoms with Gasteiger partial charge in [-0.25, -0.2) is 0 Å². The first kappa shape index (κ1) is 17.5. The van der Waals surface area contributed by atoms with Crippen LogP contribution >= 0.6 is 38.8 Å². The molecule has 0 radical (unpaired) electrons. The van der Waals surface area contributed by atoms with Crippen molar-refractivity contribution in [3.05, 3.63) is 0 Å². The average Bonchev–Trinajstić information content (AvgIpc) is 1.82. The molecule has 0 aromatic rings. The molecule has 0 aromatic heterocycles. The Kier molecular flexibility index (Phi) is 16.7. The van der Waals surface area contributed by atoms with Gasteiger partial charge in [-0.15, -0.1) is 0 Å². The van der Waals surface area contributed by atoms with Gasteiger partial charge in [0.25, 0.3) is 0 Å². The Morgan fingerprint density at radius 1 is 1.64 bits per heavy atom. The fourth-order valence-corrected chi connectivity index (χ4v) is 0.858. The number of hydrogen-bond donors (Lipinski definition) is 2. The zero-order valence-electron chi connectivity index (χ0n) is 6.33. The summed E-state index contributed by atoms with van der Waals surface area (Å²) in [6, 6.07) is -0.683. The van der Waals surface area contributed by atoms with E-state index in [0.29, 0.717) is 6.42 Å². The van der Waals surface area contributed by atoms with Crippen molar-refractivity contribution >= 4 is 44.7 Å². The maximum absolute atomic E-state index is 10.1. The summed E-state index contributed by atoms with van der Waals surface area (Å²) < 4.78 is 0. The maximum Gasteiger partial charge on any atom is 0.320 e. The van der Waals surface area contributed by atoms with Crippen LogP contribution in [0.15, 0.2) is 0 Å². The molecule has 0 spiro atoms. The third kappa shape index (κ3) is 10.5. The summed E-state index contributed by atoms with van der Waals surface area (Å²) >= 11 is 1.60. The lowest BCUT2D eigenvalue weighted by Gasteiger charge is -2.02. The number of aliphatic carboxylic acids is 1. The van der Waals surface area contributed by atoms with Gasteiger partial charge in [0.1, 0.15) is 6.04 Å². The van der Waals surface area contributed by atoms with E-state index in [4.69, 9.17) is 10.8 Å². The van der Waals surface area contributed by atoms with Crippen LogP contribution in [0.3, 0.4) is 0 Å². The Morgan fingerprint density at radius 3 is 2.36 bits per heavy atom. The summed E-state index contributed by atoms with van der Waals surface area (Å²) in [6.45, 7) is 0. The van der Waals surface area contributed by atoms with E-state index in [-0.39, 0.29) is 27.0 Å². The van der Waals surface area contributed by atoms with Crippen molar-refractivity contribution in [3.8, 4) is 0 Å². The molecule has 6 heteroatoms. The Hall–Kier alpha value is 0.480. The van der Waals surface area contributed by atoms with E-state index in [9.17, 15) is 4.79 Å². The van der Waals surface area contributed by atoms with Crippen LogP contribution in [0.2, 0.25) is 0 Å². The predicted molar refractivity (Wildman–Crippen MR) is 59.4 cm³/mol. The first-order valence-electron chi connectivity index (χ1n) is 2.65. The van der Waals surface area contributed by atoms with Gasteiger partial charge in [-0.2, -0.15) is 38.8 Å². The number of carboxylic acids is 1. The summed E-state index contributed by atoms with van der Waals surface area (Å²) in [5, 5.41) is 8.27. The molecule has 0 aliphatic heterocycles. The largest absolute Gasteiger partial charge is 0.480 e. The lowest BCUT2D eigenvalue weighted by Crippen LogP contribution is -2.30. The van der Waals surface area contributed by atoms with Crippen LogP contribution in [0, 0.1) is 0 Å². The number of carbonyl (C=O) groups is 1. The molecule has 70 valence electrons. The molecule has 3 nitrogen and oxygen atoms in total. The van der Waals surface area contributed by atoms with Gasteiger partial charge in [-0.3, -0.25) is 4.79 Å². The minimum absolute atomic E-state index is 0. The molecule has 0 bridgehead atoms. The molecule has 0 fully saturated rings. The summed E-state index contributed by atoms with van der Waals surface area (Å²) in [5.74, 6) is -0.1000. The second-order valence-corrected chi connectivity index (χ2v) is 2.71. The van der Waals surface area contributed by atoms with E-state index >= 15 is 0 Å². The molecule has 0 aliphatic rings. The predicted octanol–water partition coefficient (Wildman–Crippen LogP) is 0.377. The molecule has 1 unspecified atom stereocenters. The summed E-state index contributed by atoms with van der Waals surface area (Å²) in [4.78, 5) is 10.1. The highest BCUT2D eigenvalue weighted by Gasteiger charge is 2.08. The Bertz CT molecular complexity index is 102. The molecule has 0 aromatic carbocycles. The van der Waals surface area contributed by atoms with Crippen molar-refractivity contribution in [1.82, 2.24) is 0 Å². The third-order valence-corrected chi connectivity index (χ3v) is 1.59. The van der Waals surface area contributed by atoms with E-state index in [2.05, 4.69) is 0 Å². The van der Waals surface area contributed by atoms with Gasteiger partial charge in [0.05, 0.1) is 0 Å². The fraction of sp³-hybridized carbons (Fsp3) is 0.800. The van der Waals surface area contributed by atoms with E-state index in [1.54, 1.807) is 11.8 Å². The van der Waals surface area contributed by atoms with Gasteiger partial charge in [-0.05, 0) is 18.4 Å². The minimum atomic E-state index is -0.913. The van der Waals surface area contributed by atoms with Gasteiger partial charge in [-0.1, -0.05) is 0 Å². The minimum Gasteiger partial charge on any atom is -0.480 e. The van der Waals surface area contributed by atoms with Crippen LogP contribution in [0.5, 0.6) is 0 Å². The van der Waals surface area contributed by atoms with Crippen LogP contribution in [0.25, 0.3) is 0 Å². The Labute approximate surface area is 85.0 Å². The number of rotatable bonds is 4. The normalized spacial score (nSPS) is 10.7. The molecular formula is C5H15NO2S3. The van der Waals surface area contributed by atoms with Crippen molar-refractivity contribution in [2.75, 3.05) is 12.0 Å². The molecule has 11 heavy (non-hydrogen) atoms. The third-order valence-electron chi connectivity index (χ3n) is 0.950. The van der Waals surface area contributed by atoms with Crippen molar-refractivity contribution < 1.29 is 9.90 Å². The number of hydrogen-bond acceptors (Lipinski definition) is 3. The summed E-state index contributed by atoms with van der Waals surface area (Å²) in [6.07, 6.45) is 2.48. The topological polar surface area (TPSA) is 63.3 Å². The molecule has 3 N–H and O–H groups in total. The molecular weight excluding hydrogens is 202 g/mol. The van der Waals surface area contributed by atoms with Gasteiger partial charge in [0.15, 0.2) is 0 Å². The molecule has 0 heterocycles. The zero-order chi connectivity index (χ0) is 7.28. The molecule has 0 amide bonds. The van der Waals surface area contributed by atoms with Crippen LogP contribution < -0.4 is 5.73 Å².